The molecule has 28 heavy (non-hydrogen) atoms. The van der Waals surface area contributed by atoms with Crippen molar-refractivity contribution < 1.29 is 9.47 Å². The highest BCUT2D eigenvalue weighted by molar-refractivity contribution is 5.88. The number of pyridine rings is 1. The molecule has 1 atom stereocenters. The Bertz CT molecular complexity index is 1200. The maximum absolute atomic E-state index is 13.2. The summed E-state index contributed by atoms with van der Waals surface area (Å²) in [7, 11) is 1.72. The number of aromatic nitrogens is 1. The minimum atomic E-state index is -0.604. The van der Waals surface area contributed by atoms with Crippen molar-refractivity contribution in [3.05, 3.63) is 81.5 Å². The van der Waals surface area contributed by atoms with Gasteiger partial charge < -0.3 is 19.8 Å². The Morgan fingerprint density at radius 2 is 1.93 bits per heavy atom. The second kappa shape index (κ2) is 6.78. The zero-order valence-corrected chi connectivity index (χ0v) is 15.6. The second-order valence-electron chi connectivity index (χ2n) is 6.55. The van der Waals surface area contributed by atoms with Crippen LogP contribution in [0.2, 0.25) is 0 Å². The number of hydrogen-bond acceptors (Lipinski definition) is 5. The molecule has 2 heterocycles. The van der Waals surface area contributed by atoms with E-state index in [-0.39, 0.29) is 17.0 Å². The SMILES string of the molecule is CCOc1ccc([C@@H]2C(C#N)=C(N)Oc3c2c(=O)n(C)c2ccccc32)cc1. The zero-order valence-electron chi connectivity index (χ0n) is 15.6. The number of hydrogen-bond donors (Lipinski definition) is 1. The molecule has 2 aromatic carbocycles. The Morgan fingerprint density at radius 1 is 1.21 bits per heavy atom. The van der Waals surface area contributed by atoms with Gasteiger partial charge >= 0.3 is 0 Å². The van der Waals surface area contributed by atoms with E-state index >= 15 is 0 Å². The minimum Gasteiger partial charge on any atom is -0.494 e. The van der Waals surface area contributed by atoms with Crippen LogP contribution in [0.5, 0.6) is 11.5 Å². The molecule has 1 aliphatic rings. The fourth-order valence-electron chi connectivity index (χ4n) is 3.68. The van der Waals surface area contributed by atoms with Gasteiger partial charge in [0.05, 0.1) is 23.6 Å². The number of nitriles is 1. The lowest BCUT2D eigenvalue weighted by atomic mass is 9.83. The van der Waals surface area contributed by atoms with E-state index in [1.54, 1.807) is 11.6 Å². The summed E-state index contributed by atoms with van der Waals surface area (Å²) in [6.45, 7) is 2.47. The molecular weight excluding hydrogens is 354 g/mol. The molecule has 140 valence electrons. The lowest BCUT2D eigenvalue weighted by molar-refractivity contribution is 0.340. The van der Waals surface area contributed by atoms with E-state index in [0.717, 1.165) is 22.2 Å². The molecular formula is C22H19N3O3. The summed E-state index contributed by atoms with van der Waals surface area (Å²) in [6.07, 6.45) is 0. The lowest BCUT2D eigenvalue weighted by Gasteiger charge is -2.27. The third-order valence-electron chi connectivity index (χ3n) is 4.99. The van der Waals surface area contributed by atoms with Crippen LogP contribution >= 0.6 is 0 Å². The number of rotatable bonds is 3. The smallest absolute Gasteiger partial charge is 0.258 e. The van der Waals surface area contributed by atoms with E-state index in [1.807, 2.05) is 55.5 Å². The number of fused-ring (bicyclic) bond motifs is 3. The van der Waals surface area contributed by atoms with Gasteiger partial charge in [-0.3, -0.25) is 4.79 Å². The van der Waals surface area contributed by atoms with Crippen molar-refractivity contribution in [2.24, 2.45) is 12.8 Å². The van der Waals surface area contributed by atoms with E-state index in [1.165, 1.54) is 0 Å². The summed E-state index contributed by atoms with van der Waals surface area (Å²) < 4.78 is 12.9. The number of nitrogens with two attached hydrogens (primary N) is 1. The minimum absolute atomic E-state index is 0.0206. The van der Waals surface area contributed by atoms with Crippen LogP contribution in [0.25, 0.3) is 10.9 Å². The molecule has 6 nitrogen and oxygen atoms in total. The van der Waals surface area contributed by atoms with E-state index in [9.17, 15) is 10.1 Å². The number of aryl methyl sites for hydroxylation is 1. The first kappa shape index (κ1) is 17.7. The molecule has 0 aliphatic carbocycles. The molecule has 1 aliphatic heterocycles. The molecule has 0 saturated carbocycles. The van der Waals surface area contributed by atoms with E-state index in [4.69, 9.17) is 15.2 Å². The highest BCUT2D eigenvalue weighted by atomic mass is 16.5. The fourth-order valence-corrected chi connectivity index (χ4v) is 3.68. The molecule has 0 amide bonds. The Hall–Kier alpha value is -3.72. The van der Waals surface area contributed by atoms with Crippen molar-refractivity contribution in [2.45, 2.75) is 12.8 Å². The Kier molecular flexibility index (Phi) is 4.28. The normalized spacial score (nSPS) is 15.7. The summed E-state index contributed by atoms with van der Waals surface area (Å²) in [6, 6.07) is 17.0. The number of allylic oxidation sites excluding steroid dienone is 1. The Labute approximate surface area is 162 Å². The van der Waals surface area contributed by atoms with Gasteiger partial charge in [0.15, 0.2) is 0 Å². The zero-order chi connectivity index (χ0) is 19.8. The van der Waals surface area contributed by atoms with Crippen molar-refractivity contribution in [2.75, 3.05) is 6.61 Å². The van der Waals surface area contributed by atoms with Gasteiger partial charge in [0.1, 0.15) is 23.1 Å². The summed E-state index contributed by atoms with van der Waals surface area (Å²) >= 11 is 0. The third kappa shape index (κ3) is 2.60. The van der Waals surface area contributed by atoms with Crippen molar-refractivity contribution in [1.29, 1.82) is 5.26 Å². The highest BCUT2D eigenvalue weighted by Gasteiger charge is 2.35. The van der Waals surface area contributed by atoms with Crippen LogP contribution in [0.15, 0.2) is 64.8 Å². The number of para-hydroxylation sites is 1. The van der Waals surface area contributed by atoms with Gasteiger partial charge in [-0.2, -0.15) is 5.26 Å². The van der Waals surface area contributed by atoms with E-state index in [2.05, 4.69) is 6.07 Å². The molecule has 0 saturated heterocycles. The van der Waals surface area contributed by atoms with Crippen LogP contribution in [0, 0.1) is 11.3 Å². The van der Waals surface area contributed by atoms with Crippen molar-refractivity contribution in [1.82, 2.24) is 4.57 Å². The van der Waals surface area contributed by atoms with Crippen LogP contribution in [-0.4, -0.2) is 11.2 Å². The largest absolute Gasteiger partial charge is 0.494 e. The number of ether oxygens (including phenoxy) is 2. The van der Waals surface area contributed by atoms with Gasteiger partial charge in [-0.25, -0.2) is 0 Å². The van der Waals surface area contributed by atoms with Gasteiger partial charge in [-0.05, 0) is 36.8 Å². The molecule has 0 bridgehead atoms. The van der Waals surface area contributed by atoms with E-state index < -0.39 is 5.92 Å². The molecule has 0 unspecified atom stereocenters. The summed E-state index contributed by atoms with van der Waals surface area (Å²) in [5.41, 5.74) is 8.03. The van der Waals surface area contributed by atoms with Gasteiger partial charge in [-0.1, -0.05) is 24.3 Å². The molecule has 3 aromatic rings. The van der Waals surface area contributed by atoms with Gasteiger partial charge in [0, 0.05) is 12.4 Å². The molecule has 2 N–H and O–H groups in total. The maximum atomic E-state index is 13.2. The molecule has 4 rings (SSSR count). The standard InChI is InChI=1S/C22H19N3O3/c1-3-27-14-10-8-13(9-11-14)18-16(12-23)21(24)28-20-15-6-4-5-7-17(15)25(2)22(26)19(18)20/h4-11,18H,3,24H2,1-2H3/t18-/m1/s1. The van der Waals surface area contributed by atoms with Gasteiger partial charge in [0.25, 0.3) is 5.56 Å². The molecule has 0 fully saturated rings. The van der Waals surface area contributed by atoms with Gasteiger partial charge in [-0.15, -0.1) is 0 Å². The first-order chi connectivity index (χ1) is 13.6. The van der Waals surface area contributed by atoms with Gasteiger partial charge in [0.2, 0.25) is 5.88 Å². The topological polar surface area (TPSA) is 90.3 Å². The van der Waals surface area contributed by atoms with Crippen molar-refractivity contribution in [3.63, 3.8) is 0 Å². The highest BCUT2D eigenvalue weighted by Crippen LogP contribution is 2.43. The molecule has 1 aromatic heterocycles. The lowest BCUT2D eigenvalue weighted by Crippen LogP contribution is -2.31. The summed E-state index contributed by atoms with van der Waals surface area (Å²) in [5.74, 6) is 0.550. The average Bonchev–Trinajstić information content (AvgIpc) is 2.72. The monoisotopic (exact) mass is 373 g/mol. The van der Waals surface area contributed by atoms with E-state index in [0.29, 0.717) is 17.9 Å². The van der Waals surface area contributed by atoms with Crippen LogP contribution in [0.3, 0.4) is 0 Å². The Morgan fingerprint density at radius 3 is 2.61 bits per heavy atom. The fraction of sp³-hybridized carbons (Fsp3) is 0.182. The van der Waals surface area contributed by atoms with Crippen molar-refractivity contribution >= 4 is 10.9 Å². The quantitative estimate of drug-likeness (QED) is 0.762. The van der Waals surface area contributed by atoms with Crippen LogP contribution in [-0.2, 0) is 7.05 Å². The summed E-state index contributed by atoms with van der Waals surface area (Å²) in [5, 5.41) is 10.5. The van der Waals surface area contributed by atoms with Crippen molar-refractivity contribution in [3.8, 4) is 17.6 Å². The second-order valence-corrected chi connectivity index (χ2v) is 6.55. The summed E-state index contributed by atoms with van der Waals surface area (Å²) in [4.78, 5) is 13.2. The first-order valence-electron chi connectivity index (χ1n) is 8.98. The maximum Gasteiger partial charge on any atom is 0.258 e. The first-order valence-corrected chi connectivity index (χ1v) is 8.98. The molecule has 0 spiro atoms. The van der Waals surface area contributed by atoms with Crippen LogP contribution in [0.1, 0.15) is 24.0 Å². The predicted molar refractivity (Wildman–Crippen MR) is 106 cm³/mol. The molecule has 0 radical (unpaired) electrons. The molecule has 6 heteroatoms. The third-order valence-corrected chi connectivity index (χ3v) is 4.99. The van der Waals surface area contributed by atoms with Crippen LogP contribution in [0.4, 0.5) is 0 Å². The van der Waals surface area contributed by atoms with Crippen LogP contribution < -0.4 is 20.8 Å². The predicted octanol–water partition coefficient (Wildman–Crippen LogP) is 3.16. The Balaban J connectivity index is 2.02. The number of nitrogens with zero attached hydrogens (tertiary/aromatic N) is 2. The average molecular weight is 373 g/mol. The number of benzene rings is 2.